The van der Waals surface area contributed by atoms with Gasteiger partial charge in [-0.05, 0) is 12.2 Å². The van der Waals surface area contributed by atoms with E-state index >= 15 is 0 Å². The molecule has 0 saturated heterocycles. The van der Waals surface area contributed by atoms with Crippen molar-refractivity contribution in [3.05, 3.63) is 0 Å². The molecule has 0 heterocycles. The number of rotatable bonds is 3. The molecule has 0 unspecified atom stereocenters. The summed E-state index contributed by atoms with van der Waals surface area (Å²) >= 11 is 4.58. The summed E-state index contributed by atoms with van der Waals surface area (Å²) in [6.45, 7) is -0.0975. The Balaban J connectivity index is 3.26. The fourth-order valence-corrected chi connectivity index (χ4v) is 0.409. The third-order valence-corrected chi connectivity index (χ3v) is 1.10. The van der Waals surface area contributed by atoms with Crippen molar-refractivity contribution in [3.63, 3.8) is 0 Å². The highest BCUT2D eigenvalue weighted by Crippen LogP contribution is 1.75. The van der Waals surface area contributed by atoms with Gasteiger partial charge >= 0.3 is 0 Å². The van der Waals surface area contributed by atoms with E-state index < -0.39 is 6.10 Å². The van der Waals surface area contributed by atoms with E-state index in [1.165, 1.54) is 0 Å². The Hall–Kier alpha value is -0.430. The number of hydrogen-bond donors (Lipinski definition) is 5. The molecular formula is C4H11N3O2S. The van der Waals surface area contributed by atoms with Crippen LogP contribution in [0.2, 0.25) is 0 Å². The van der Waals surface area contributed by atoms with E-state index in [0.717, 1.165) is 0 Å². The van der Waals surface area contributed by atoms with Gasteiger partial charge in [0.05, 0.1) is 12.7 Å². The number of nitrogens with two attached hydrogens (primary N) is 1. The van der Waals surface area contributed by atoms with E-state index in [0.29, 0.717) is 0 Å². The predicted molar refractivity (Wildman–Crippen MR) is 41.0 cm³/mol. The summed E-state index contributed by atoms with van der Waals surface area (Å²) in [4.78, 5) is 0. The van der Waals surface area contributed by atoms with Crippen LogP contribution in [0, 0.1) is 0 Å². The first-order valence-electron chi connectivity index (χ1n) is 2.74. The summed E-state index contributed by atoms with van der Waals surface area (Å²) in [7, 11) is 0. The zero-order valence-electron chi connectivity index (χ0n) is 5.37. The number of hydrogen-bond acceptors (Lipinski definition) is 4. The number of hydrazine groups is 1. The SMILES string of the molecule is NNC(=S)NC[C@@H](O)CO. The Morgan fingerprint density at radius 2 is 2.30 bits per heavy atom. The van der Waals surface area contributed by atoms with Gasteiger partial charge in [-0.3, -0.25) is 0 Å². The fraction of sp³-hybridized carbons (Fsp3) is 0.750. The van der Waals surface area contributed by atoms with E-state index in [1.807, 2.05) is 0 Å². The monoisotopic (exact) mass is 165 g/mol. The molecule has 0 saturated carbocycles. The highest BCUT2D eigenvalue weighted by Gasteiger charge is 2.00. The van der Waals surface area contributed by atoms with Crippen molar-refractivity contribution in [1.82, 2.24) is 10.7 Å². The van der Waals surface area contributed by atoms with Gasteiger partial charge in [-0.25, -0.2) is 5.84 Å². The fourth-order valence-electron chi connectivity index (χ4n) is 0.326. The lowest BCUT2D eigenvalue weighted by Crippen LogP contribution is -2.43. The van der Waals surface area contributed by atoms with Gasteiger partial charge in [0, 0.05) is 6.54 Å². The third-order valence-electron chi connectivity index (χ3n) is 0.840. The van der Waals surface area contributed by atoms with Crippen LogP contribution in [0.15, 0.2) is 0 Å². The molecule has 0 bridgehead atoms. The van der Waals surface area contributed by atoms with Crippen molar-refractivity contribution >= 4 is 17.3 Å². The first-order valence-corrected chi connectivity index (χ1v) is 3.15. The maximum absolute atomic E-state index is 8.76. The summed E-state index contributed by atoms with van der Waals surface area (Å²) in [6, 6.07) is 0. The summed E-state index contributed by atoms with van der Waals surface area (Å²) in [5.41, 5.74) is 2.17. The second-order valence-corrected chi connectivity index (χ2v) is 2.10. The molecule has 0 aromatic rings. The Labute approximate surface area is 64.2 Å². The lowest BCUT2D eigenvalue weighted by atomic mass is 10.4. The largest absolute Gasteiger partial charge is 0.394 e. The van der Waals surface area contributed by atoms with Crippen LogP contribution in [0.25, 0.3) is 0 Å². The Morgan fingerprint density at radius 3 is 2.70 bits per heavy atom. The minimum Gasteiger partial charge on any atom is -0.394 e. The molecule has 0 amide bonds. The molecular weight excluding hydrogens is 154 g/mol. The van der Waals surface area contributed by atoms with E-state index in [4.69, 9.17) is 16.1 Å². The molecule has 1 atom stereocenters. The molecule has 0 aliphatic carbocycles. The Morgan fingerprint density at radius 1 is 1.70 bits per heavy atom. The quantitative estimate of drug-likeness (QED) is 0.183. The van der Waals surface area contributed by atoms with Gasteiger partial charge in [-0.1, -0.05) is 0 Å². The normalized spacial score (nSPS) is 12.3. The molecule has 0 aliphatic rings. The minimum absolute atomic E-state index is 0.194. The van der Waals surface area contributed by atoms with Crippen molar-refractivity contribution < 1.29 is 10.2 Å². The average Bonchev–Trinajstić information content (AvgIpc) is 1.99. The standard InChI is InChI=1S/C4H11N3O2S/c5-7-4(10)6-1-3(9)2-8/h3,8-9H,1-2,5H2,(H2,6,7,10)/t3-/m1/s1. The van der Waals surface area contributed by atoms with Gasteiger partial charge in [0.15, 0.2) is 5.11 Å². The lowest BCUT2D eigenvalue weighted by Gasteiger charge is -2.09. The number of aliphatic hydroxyl groups excluding tert-OH is 2. The molecule has 5 nitrogen and oxygen atoms in total. The molecule has 0 aromatic heterocycles. The topological polar surface area (TPSA) is 90.5 Å². The highest BCUT2D eigenvalue weighted by atomic mass is 32.1. The Bertz CT molecular complexity index is 111. The van der Waals surface area contributed by atoms with Crippen LogP contribution in [-0.4, -0.2) is 34.6 Å². The van der Waals surface area contributed by atoms with E-state index in [1.54, 1.807) is 0 Å². The minimum atomic E-state index is -0.800. The summed E-state index contributed by atoms with van der Waals surface area (Å²) in [5, 5.41) is 19.9. The van der Waals surface area contributed by atoms with Crippen LogP contribution in [-0.2, 0) is 0 Å². The van der Waals surface area contributed by atoms with Gasteiger partial charge in [0.1, 0.15) is 0 Å². The van der Waals surface area contributed by atoms with Crippen molar-refractivity contribution in [2.75, 3.05) is 13.2 Å². The van der Waals surface area contributed by atoms with E-state index in [-0.39, 0.29) is 18.3 Å². The lowest BCUT2D eigenvalue weighted by molar-refractivity contribution is 0.0982. The van der Waals surface area contributed by atoms with Gasteiger partial charge in [-0.2, -0.15) is 0 Å². The molecule has 0 aliphatic heterocycles. The number of nitrogens with one attached hydrogen (secondary N) is 2. The molecule has 0 fully saturated rings. The van der Waals surface area contributed by atoms with Gasteiger partial charge in [0.25, 0.3) is 0 Å². The molecule has 0 radical (unpaired) electrons. The van der Waals surface area contributed by atoms with Crippen molar-refractivity contribution in [3.8, 4) is 0 Å². The second kappa shape index (κ2) is 5.36. The number of aliphatic hydroxyl groups is 2. The van der Waals surface area contributed by atoms with Crippen LogP contribution in [0.3, 0.4) is 0 Å². The van der Waals surface area contributed by atoms with Gasteiger partial charge < -0.3 is 21.0 Å². The van der Waals surface area contributed by atoms with Crippen LogP contribution >= 0.6 is 12.2 Å². The van der Waals surface area contributed by atoms with Gasteiger partial charge in [-0.15, -0.1) is 0 Å². The summed E-state index contributed by atoms with van der Waals surface area (Å²) in [5.74, 6) is 4.90. The third kappa shape index (κ3) is 4.45. The van der Waals surface area contributed by atoms with E-state index in [2.05, 4.69) is 23.0 Å². The van der Waals surface area contributed by atoms with Gasteiger partial charge in [0.2, 0.25) is 0 Å². The number of thiocarbonyl (C=S) groups is 1. The van der Waals surface area contributed by atoms with Crippen LogP contribution in [0.5, 0.6) is 0 Å². The second-order valence-electron chi connectivity index (χ2n) is 1.69. The average molecular weight is 165 g/mol. The zero-order chi connectivity index (χ0) is 7.98. The maximum Gasteiger partial charge on any atom is 0.180 e. The molecule has 0 spiro atoms. The van der Waals surface area contributed by atoms with Crippen LogP contribution < -0.4 is 16.6 Å². The molecule has 10 heavy (non-hydrogen) atoms. The first-order chi connectivity index (χ1) is 4.70. The maximum atomic E-state index is 8.76. The van der Waals surface area contributed by atoms with Crippen LogP contribution in [0.1, 0.15) is 0 Å². The van der Waals surface area contributed by atoms with Crippen LogP contribution in [0.4, 0.5) is 0 Å². The molecule has 0 rings (SSSR count). The van der Waals surface area contributed by atoms with Crippen molar-refractivity contribution in [2.45, 2.75) is 6.10 Å². The predicted octanol–water partition coefficient (Wildman–Crippen LogP) is -2.32. The molecule has 6 N–H and O–H groups in total. The van der Waals surface area contributed by atoms with Crippen molar-refractivity contribution in [1.29, 1.82) is 0 Å². The Kier molecular flexibility index (Phi) is 5.13. The van der Waals surface area contributed by atoms with E-state index in [9.17, 15) is 0 Å². The molecule has 60 valence electrons. The molecule has 6 heteroatoms. The zero-order valence-corrected chi connectivity index (χ0v) is 6.19. The highest BCUT2D eigenvalue weighted by molar-refractivity contribution is 7.80. The molecule has 0 aromatic carbocycles. The van der Waals surface area contributed by atoms with Crippen molar-refractivity contribution in [2.24, 2.45) is 5.84 Å². The summed E-state index contributed by atoms with van der Waals surface area (Å²) < 4.78 is 0. The summed E-state index contributed by atoms with van der Waals surface area (Å²) in [6.07, 6.45) is -0.800. The smallest absolute Gasteiger partial charge is 0.180 e. The first kappa shape index (κ1) is 9.57.